The van der Waals surface area contributed by atoms with Gasteiger partial charge in [-0.2, -0.15) is 0 Å². The maximum Gasteiger partial charge on any atom is 3.00 e. The Hall–Kier alpha value is -1.25. The van der Waals surface area contributed by atoms with Gasteiger partial charge < -0.3 is 10.1 Å². The Bertz CT molecular complexity index is 607. The number of rotatable bonds is 6. The number of pyridine rings is 1. The average molecular weight is 315 g/mol. The van der Waals surface area contributed by atoms with Gasteiger partial charge in [-0.25, -0.2) is 0 Å². The third-order valence-electron chi connectivity index (χ3n) is 3.49. The molecule has 1 radical (unpaired) electrons. The van der Waals surface area contributed by atoms with Crippen LogP contribution in [0.25, 0.3) is 10.9 Å². The van der Waals surface area contributed by atoms with Gasteiger partial charge in [-0.1, -0.05) is 44.7 Å². The first kappa shape index (κ1) is 16.8. The van der Waals surface area contributed by atoms with Crippen LogP contribution in [0.4, 0.5) is 0 Å². The summed E-state index contributed by atoms with van der Waals surface area (Å²) in [7, 11) is 0. The fourth-order valence-corrected chi connectivity index (χ4v) is 2.36. The molecule has 2 N–H and O–H groups in total. The van der Waals surface area contributed by atoms with Gasteiger partial charge in [0.2, 0.25) is 5.43 Å². The van der Waals surface area contributed by atoms with Crippen LogP contribution in [0.15, 0.2) is 29.1 Å². The maximum atomic E-state index is 12.0. The number of para-hydroxylation sites is 1. The van der Waals surface area contributed by atoms with Crippen molar-refractivity contribution in [2.45, 2.75) is 45.4 Å². The number of benzene rings is 1. The quantitative estimate of drug-likeness (QED) is 0.630. The van der Waals surface area contributed by atoms with Crippen LogP contribution < -0.4 is 5.43 Å². The number of aromatic hydroxyl groups is 1. The maximum absolute atomic E-state index is 12.0. The normalized spacial score (nSPS) is 10.4. The summed E-state index contributed by atoms with van der Waals surface area (Å²) >= 11 is 0. The Morgan fingerprint density at radius 3 is 2.55 bits per heavy atom. The van der Waals surface area contributed by atoms with E-state index >= 15 is 0 Å². The van der Waals surface area contributed by atoms with Crippen LogP contribution in [0, 0.1) is 0 Å². The fraction of sp³-hybridized carbons (Fsp3) is 0.438. The molecule has 1 aromatic heterocycles. The van der Waals surface area contributed by atoms with Crippen LogP contribution in [-0.2, 0) is 23.5 Å². The van der Waals surface area contributed by atoms with Crippen LogP contribution in [-0.4, -0.2) is 10.1 Å². The number of nitrogens with one attached hydrogen (secondary N) is 1. The molecule has 107 valence electrons. The minimum atomic E-state index is -0.266. The Morgan fingerprint density at radius 1 is 1.10 bits per heavy atom. The standard InChI is InChI=1S/C16H21NO2.Fe/c1-2-3-4-5-6-11-14-16(19)15(18)12-9-7-8-10-13(12)17-14;/h7-10,19H,2-6,11H2,1H3,(H,17,18);/q;+3. The Labute approximate surface area is 129 Å². The molecule has 2 aromatic rings. The SMILES string of the molecule is CCCCCCCc1[nH]c2ccccc2c(=O)c1O.[Fe+3]. The van der Waals surface area contributed by atoms with Crippen molar-refractivity contribution in [3.63, 3.8) is 0 Å². The largest absolute Gasteiger partial charge is 3.00 e. The summed E-state index contributed by atoms with van der Waals surface area (Å²) in [6.07, 6.45) is 6.56. The van der Waals surface area contributed by atoms with E-state index in [1.165, 1.54) is 19.3 Å². The number of aromatic amines is 1. The van der Waals surface area contributed by atoms with E-state index in [0.717, 1.165) is 24.8 Å². The van der Waals surface area contributed by atoms with Crippen LogP contribution in [0.5, 0.6) is 5.75 Å². The van der Waals surface area contributed by atoms with Gasteiger partial charge in [0.25, 0.3) is 0 Å². The zero-order valence-electron chi connectivity index (χ0n) is 11.8. The summed E-state index contributed by atoms with van der Waals surface area (Å²) < 4.78 is 0. The second kappa shape index (κ2) is 8.13. The van der Waals surface area contributed by atoms with Crippen molar-refractivity contribution in [3.05, 3.63) is 40.2 Å². The molecule has 0 aliphatic rings. The summed E-state index contributed by atoms with van der Waals surface area (Å²) in [6, 6.07) is 7.30. The van der Waals surface area contributed by atoms with Crippen molar-refractivity contribution in [2.75, 3.05) is 0 Å². The predicted octanol–water partition coefficient (Wildman–Crippen LogP) is 3.74. The average Bonchev–Trinajstić information content (AvgIpc) is 2.44. The Balaban J connectivity index is 0.00000200. The predicted molar refractivity (Wildman–Crippen MR) is 78.7 cm³/mol. The topological polar surface area (TPSA) is 53.1 Å². The summed E-state index contributed by atoms with van der Waals surface area (Å²) in [5.74, 6) is -0.116. The van der Waals surface area contributed by atoms with Gasteiger partial charge in [-0.05, 0) is 25.0 Å². The molecule has 0 spiro atoms. The molecule has 0 bridgehead atoms. The van der Waals surface area contributed by atoms with Gasteiger partial charge >= 0.3 is 17.1 Å². The molecule has 4 heteroatoms. The first-order valence-corrected chi connectivity index (χ1v) is 7.07. The van der Waals surface area contributed by atoms with Crippen molar-refractivity contribution in [2.24, 2.45) is 0 Å². The van der Waals surface area contributed by atoms with Gasteiger partial charge in [0, 0.05) is 10.9 Å². The molecule has 3 nitrogen and oxygen atoms in total. The third kappa shape index (κ3) is 3.87. The van der Waals surface area contributed by atoms with Crippen LogP contribution in [0.2, 0.25) is 0 Å². The second-order valence-electron chi connectivity index (χ2n) is 4.99. The van der Waals surface area contributed by atoms with E-state index in [2.05, 4.69) is 11.9 Å². The van der Waals surface area contributed by atoms with E-state index in [0.29, 0.717) is 11.1 Å². The van der Waals surface area contributed by atoms with Gasteiger partial charge in [-0.15, -0.1) is 0 Å². The molecule has 0 aliphatic heterocycles. The van der Waals surface area contributed by atoms with E-state index < -0.39 is 0 Å². The van der Waals surface area contributed by atoms with Gasteiger partial charge in [0.15, 0.2) is 5.75 Å². The van der Waals surface area contributed by atoms with E-state index in [1.54, 1.807) is 12.1 Å². The molecule has 0 atom stereocenters. The second-order valence-corrected chi connectivity index (χ2v) is 4.99. The molecule has 0 aliphatic carbocycles. The first-order chi connectivity index (χ1) is 9.24. The molecule has 0 fully saturated rings. The van der Waals surface area contributed by atoms with Gasteiger partial charge in [0.05, 0.1) is 5.69 Å². The first-order valence-electron chi connectivity index (χ1n) is 7.07. The van der Waals surface area contributed by atoms with Crippen molar-refractivity contribution in [1.29, 1.82) is 0 Å². The summed E-state index contributed by atoms with van der Waals surface area (Å²) in [5, 5.41) is 10.5. The van der Waals surface area contributed by atoms with Crippen molar-refractivity contribution < 1.29 is 22.2 Å². The van der Waals surface area contributed by atoms with Crippen LogP contribution >= 0.6 is 0 Å². The summed E-state index contributed by atoms with van der Waals surface area (Å²) in [6.45, 7) is 2.19. The number of H-pyrrole nitrogens is 1. The molecule has 20 heavy (non-hydrogen) atoms. The smallest absolute Gasteiger partial charge is 0.503 e. The molecular weight excluding hydrogens is 294 g/mol. The molecule has 1 heterocycles. The van der Waals surface area contributed by atoms with E-state index in [4.69, 9.17) is 0 Å². The molecule has 0 saturated heterocycles. The minimum Gasteiger partial charge on any atom is -0.503 e. The number of aryl methyl sites for hydroxylation is 1. The van der Waals surface area contributed by atoms with Crippen LogP contribution in [0.3, 0.4) is 0 Å². The molecule has 1 aromatic carbocycles. The van der Waals surface area contributed by atoms with Crippen LogP contribution in [0.1, 0.15) is 44.7 Å². The summed E-state index contributed by atoms with van der Waals surface area (Å²) in [4.78, 5) is 15.2. The Kier molecular flexibility index (Phi) is 6.83. The number of aromatic nitrogens is 1. The van der Waals surface area contributed by atoms with E-state index in [-0.39, 0.29) is 28.2 Å². The number of hydrogen-bond donors (Lipinski definition) is 2. The summed E-state index contributed by atoms with van der Waals surface area (Å²) in [5.41, 5.74) is 1.20. The molecule has 0 amide bonds. The Morgan fingerprint density at radius 2 is 1.80 bits per heavy atom. The number of unbranched alkanes of at least 4 members (excludes halogenated alkanes) is 4. The van der Waals surface area contributed by atoms with Gasteiger partial charge in [-0.3, -0.25) is 4.79 Å². The van der Waals surface area contributed by atoms with Crippen molar-refractivity contribution in [1.82, 2.24) is 4.98 Å². The molecular formula is C16H21FeNO2+3. The number of hydrogen-bond acceptors (Lipinski definition) is 2. The van der Waals surface area contributed by atoms with Crippen molar-refractivity contribution >= 4 is 10.9 Å². The van der Waals surface area contributed by atoms with Crippen molar-refractivity contribution in [3.8, 4) is 5.75 Å². The van der Waals surface area contributed by atoms with E-state index in [1.807, 2.05) is 12.1 Å². The minimum absolute atomic E-state index is 0. The zero-order valence-corrected chi connectivity index (χ0v) is 12.9. The zero-order chi connectivity index (χ0) is 13.7. The number of fused-ring (bicyclic) bond motifs is 1. The van der Waals surface area contributed by atoms with E-state index in [9.17, 15) is 9.90 Å². The molecule has 0 unspecified atom stereocenters. The monoisotopic (exact) mass is 315 g/mol. The van der Waals surface area contributed by atoms with Gasteiger partial charge in [0.1, 0.15) is 0 Å². The molecule has 2 rings (SSSR count). The fourth-order valence-electron chi connectivity index (χ4n) is 2.36. The molecule has 0 saturated carbocycles. The third-order valence-corrected chi connectivity index (χ3v) is 3.49.